The van der Waals surface area contributed by atoms with Gasteiger partial charge in [0.15, 0.2) is 0 Å². The van der Waals surface area contributed by atoms with Crippen LogP contribution in [0.2, 0.25) is 0 Å². The molecule has 0 aromatic heterocycles. The molecule has 0 saturated carbocycles. The van der Waals surface area contributed by atoms with E-state index >= 15 is 0 Å². The number of halogens is 4. The molecule has 2 aromatic carbocycles. The molecule has 136 valence electrons. The Morgan fingerprint density at radius 3 is 2.23 bits per heavy atom. The maximum atomic E-state index is 13.0. The molecule has 1 aliphatic rings. The lowest BCUT2D eigenvalue weighted by Gasteiger charge is -2.16. The molecule has 0 unspecified atom stereocenters. The average Bonchev–Trinajstić information content (AvgIpc) is 2.97. The van der Waals surface area contributed by atoms with Crippen LogP contribution in [-0.2, 0) is 15.8 Å². The molecule has 1 fully saturated rings. The van der Waals surface area contributed by atoms with Crippen molar-refractivity contribution in [2.75, 3.05) is 16.8 Å². The van der Waals surface area contributed by atoms with Crippen molar-refractivity contribution in [1.29, 1.82) is 0 Å². The van der Waals surface area contributed by atoms with Crippen molar-refractivity contribution in [3.05, 3.63) is 59.9 Å². The molecule has 1 saturated heterocycles. The van der Waals surface area contributed by atoms with Gasteiger partial charge in [-0.1, -0.05) is 0 Å². The SMILES string of the molecule is O=C(Nc1ccc(C(F)(F)F)cc1)[C@H]1CCN(c2ccc(F)cc2)C1=O. The number of hydrogen-bond acceptors (Lipinski definition) is 2. The summed E-state index contributed by atoms with van der Waals surface area (Å²) < 4.78 is 50.6. The number of anilines is 2. The number of carbonyl (C=O) groups excluding carboxylic acids is 2. The Balaban J connectivity index is 1.67. The van der Waals surface area contributed by atoms with Crippen molar-refractivity contribution in [3.8, 4) is 0 Å². The van der Waals surface area contributed by atoms with Gasteiger partial charge in [0.1, 0.15) is 11.7 Å². The zero-order valence-corrected chi connectivity index (χ0v) is 13.4. The van der Waals surface area contributed by atoms with Crippen molar-refractivity contribution in [2.24, 2.45) is 5.92 Å². The lowest BCUT2D eigenvalue weighted by Crippen LogP contribution is -2.33. The highest BCUT2D eigenvalue weighted by molar-refractivity contribution is 6.13. The number of rotatable bonds is 3. The minimum atomic E-state index is -4.46. The summed E-state index contributed by atoms with van der Waals surface area (Å²) in [5.74, 6) is -2.39. The summed E-state index contributed by atoms with van der Waals surface area (Å²) in [5, 5.41) is 2.46. The van der Waals surface area contributed by atoms with Gasteiger partial charge in [-0.25, -0.2) is 4.39 Å². The molecular formula is C18H14F4N2O2. The summed E-state index contributed by atoms with van der Waals surface area (Å²) in [6.45, 7) is 0.301. The van der Waals surface area contributed by atoms with Gasteiger partial charge in [0.2, 0.25) is 11.8 Å². The smallest absolute Gasteiger partial charge is 0.325 e. The molecule has 4 nitrogen and oxygen atoms in total. The fourth-order valence-electron chi connectivity index (χ4n) is 2.77. The molecule has 1 N–H and O–H groups in total. The molecule has 1 atom stereocenters. The highest BCUT2D eigenvalue weighted by Crippen LogP contribution is 2.30. The number of hydrogen-bond donors (Lipinski definition) is 1. The molecule has 0 spiro atoms. The van der Waals surface area contributed by atoms with Crippen molar-refractivity contribution >= 4 is 23.2 Å². The van der Waals surface area contributed by atoms with Crippen molar-refractivity contribution in [1.82, 2.24) is 0 Å². The number of nitrogens with zero attached hydrogens (tertiary/aromatic N) is 1. The number of alkyl halides is 3. The lowest BCUT2D eigenvalue weighted by atomic mass is 10.1. The fraction of sp³-hybridized carbons (Fsp3) is 0.222. The topological polar surface area (TPSA) is 49.4 Å². The summed E-state index contributed by atoms with van der Waals surface area (Å²) in [4.78, 5) is 26.1. The molecule has 3 rings (SSSR count). The minimum absolute atomic E-state index is 0.177. The fourth-order valence-corrected chi connectivity index (χ4v) is 2.77. The van der Waals surface area contributed by atoms with Crippen molar-refractivity contribution < 1.29 is 27.2 Å². The van der Waals surface area contributed by atoms with Gasteiger partial charge < -0.3 is 10.2 Å². The van der Waals surface area contributed by atoms with Crippen molar-refractivity contribution in [3.63, 3.8) is 0 Å². The highest BCUT2D eigenvalue weighted by atomic mass is 19.4. The van der Waals surface area contributed by atoms with Gasteiger partial charge in [0.05, 0.1) is 5.56 Å². The molecule has 8 heteroatoms. The highest BCUT2D eigenvalue weighted by Gasteiger charge is 2.37. The van der Waals surface area contributed by atoms with Crippen LogP contribution in [0, 0.1) is 11.7 Å². The second kappa shape index (κ2) is 6.78. The van der Waals surface area contributed by atoms with Gasteiger partial charge in [-0.2, -0.15) is 13.2 Å². The molecule has 1 heterocycles. The van der Waals surface area contributed by atoms with Crippen LogP contribution in [-0.4, -0.2) is 18.4 Å². The standard InChI is InChI=1S/C18H14F4N2O2/c19-12-3-7-14(8-4-12)24-10-9-15(17(24)26)16(25)23-13-5-1-11(2-6-13)18(20,21)22/h1-8,15H,9-10H2,(H,23,25)/t15-/m1/s1. The summed E-state index contributed by atoms with van der Waals surface area (Å²) >= 11 is 0. The van der Waals surface area contributed by atoms with Gasteiger partial charge in [0, 0.05) is 17.9 Å². The van der Waals surface area contributed by atoms with E-state index in [4.69, 9.17) is 0 Å². The van der Waals surface area contributed by atoms with Gasteiger partial charge in [-0.15, -0.1) is 0 Å². The predicted octanol–water partition coefficient (Wildman–Crippen LogP) is 3.84. The third-order valence-electron chi connectivity index (χ3n) is 4.14. The normalized spacial score (nSPS) is 17.5. The minimum Gasteiger partial charge on any atom is -0.325 e. The van der Waals surface area contributed by atoms with E-state index in [0.29, 0.717) is 12.2 Å². The summed E-state index contributed by atoms with van der Waals surface area (Å²) in [5.41, 5.74) is -0.160. The van der Waals surface area contributed by atoms with Gasteiger partial charge in [-0.3, -0.25) is 9.59 Å². The van der Waals surface area contributed by atoms with Crippen LogP contribution >= 0.6 is 0 Å². The Bertz CT molecular complexity index is 817. The Labute approximate surface area is 146 Å². The number of amides is 2. The number of carbonyl (C=O) groups is 2. The van der Waals surface area contributed by atoms with E-state index in [1.54, 1.807) is 0 Å². The first-order valence-electron chi connectivity index (χ1n) is 7.81. The molecule has 1 aliphatic heterocycles. The van der Waals surface area contributed by atoms with E-state index < -0.39 is 35.3 Å². The van der Waals surface area contributed by atoms with Crippen LogP contribution in [0.25, 0.3) is 0 Å². The Morgan fingerprint density at radius 1 is 1.04 bits per heavy atom. The maximum absolute atomic E-state index is 13.0. The third kappa shape index (κ3) is 3.68. The molecule has 0 aliphatic carbocycles. The Hall–Kier alpha value is -2.90. The Kier molecular flexibility index (Phi) is 4.67. The zero-order chi connectivity index (χ0) is 18.9. The van der Waals surface area contributed by atoms with E-state index in [9.17, 15) is 27.2 Å². The summed E-state index contributed by atoms with van der Waals surface area (Å²) in [6, 6.07) is 9.33. The maximum Gasteiger partial charge on any atom is 0.416 e. The predicted molar refractivity (Wildman–Crippen MR) is 86.9 cm³/mol. The molecule has 26 heavy (non-hydrogen) atoms. The van der Waals surface area contributed by atoms with Crippen LogP contribution in [0.4, 0.5) is 28.9 Å². The Morgan fingerprint density at radius 2 is 1.65 bits per heavy atom. The van der Waals surface area contributed by atoms with Gasteiger partial charge >= 0.3 is 6.18 Å². The first-order chi connectivity index (χ1) is 12.3. The second-order valence-electron chi connectivity index (χ2n) is 5.87. The van der Waals surface area contributed by atoms with E-state index in [1.807, 2.05) is 0 Å². The summed E-state index contributed by atoms with van der Waals surface area (Å²) in [7, 11) is 0. The van der Waals surface area contributed by atoms with Gasteiger partial charge in [0.25, 0.3) is 0 Å². The second-order valence-corrected chi connectivity index (χ2v) is 5.87. The molecular weight excluding hydrogens is 352 g/mol. The van der Waals surface area contributed by atoms with Crippen LogP contribution < -0.4 is 10.2 Å². The average molecular weight is 366 g/mol. The first kappa shape index (κ1) is 17.9. The molecule has 2 aromatic rings. The van der Waals surface area contributed by atoms with Crippen LogP contribution in [0.5, 0.6) is 0 Å². The first-order valence-corrected chi connectivity index (χ1v) is 7.81. The van der Waals surface area contributed by atoms with E-state index in [-0.39, 0.29) is 12.1 Å². The van der Waals surface area contributed by atoms with Crippen molar-refractivity contribution in [2.45, 2.75) is 12.6 Å². The van der Waals surface area contributed by atoms with E-state index in [1.165, 1.54) is 29.2 Å². The third-order valence-corrected chi connectivity index (χ3v) is 4.14. The monoisotopic (exact) mass is 366 g/mol. The summed E-state index contributed by atoms with van der Waals surface area (Å²) in [6.07, 6.45) is -4.19. The molecule has 0 radical (unpaired) electrons. The van der Waals surface area contributed by atoms with E-state index in [0.717, 1.165) is 24.3 Å². The number of nitrogens with one attached hydrogen (secondary N) is 1. The van der Waals surface area contributed by atoms with Gasteiger partial charge in [-0.05, 0) is 55.0 Å². The zero-order valence-electron chi connectivity index (χ0n) is 13.4. The van der Waals surface area contributed by atoms with Crippen LogP contribution in [0.15, 0.2) is 48.5 Å². The quantitative estimate of drug-likeness (QED) is 0.663. The number of benzene rings is 2. The van der Waals surface area contributed by atoms with E-state index in [2.05, 4.69) is 5.32 Å². The van der Waals surface area contributed by atoms with Crippen LogP contribution in [0.1, 0.15) is 12.0 Å². The lowest BCUT2D eigenvalue weighted by molar-refractivity contribution is -0.137. The van der Waals surface area contributed by atoms with Crippen LogP contribution in [0.3, 0.4) is 0 Å². The largest absolute Gasteiger partial charge is 0.416 e. The molecule has 2 amide bonds. The molecule has 0 bridgehead atoms.